The van der Waals surface area contributed by atoms with Crippen LogP contribution >= 0.6 is 0 Å². The average molecular weight is 258 g/mol. The van der Waals surface area contributed by atoms with Crippen LogP contribution in [0.2, 0.25) is 0 Å². The van der Waals surface area contributed by atoms with E-state index < -0.39 is 6.10 Å². The fraction of sp³-hybridized carbons (Fsp3) is 0.308. The molecule has 6 heteroatoms. The summed E-state index contributed by atoms with van der Waals surface area (Å²) in [5.41, 5.74) is 2.05. The highest BCUT2D eigenvalue weighted by Gasteiger charge is 2.25. The van der Waals surface area contributed by atoms with Gasteiger partial charge in [0.25, 0.3) is 0 Å². The van der Waals surface area contributed by atoms with Gasteiger partial charge in [-0.1, -0.05) is 29.5 Å². The van der Waals surface area contributed by atoms with Gasteiger partial charge in [-0.3, -0.25) is 9.89 Å². The van der Waals surface area contributed by atoms with Crippen molar-refractivity contribution < 1.29 is 9.53 Å². The molecule has 1 aromatic heterocycles. The number of ether oxygens (including phenoxy) is 1. The topological polar surface area (TPSA) is 79.9 Å². The number of carbonyl (C=O) groups excluding carboxylic acids is 1. The molecule has 1 aliphatic rings. The van der Waals surface area contributed by atoms with Gasteiger partial charge in [-0.15, -0.1) is 5.10 Å². The summed E-state index contributed by atoms with van der Waals surface area (Å²) < 4.78 is 5.51. The lowest BCUT2D eigenvalue weighted by Gasteiger charge is -2.23. The maximum atomic E-state index is 12.5. The first-order chi connectivity index (χ1) is 9.36. The Hall–Kier alpha value is -2.05. The summed E-state index contributed by atoms with van der Waals surface area (Å²) in [6.45, 7) is 1.89. The third-order valence-corrected chi connectivity index (χ3v) is 3.11. The number of carbonyl (C=O) groups is 1. The number of rotatable bonds is 3. The van der Waals surface area contributed by atoms with E-state index in [1.54, 1.807) is 12.3 Å². The molecular weight excluding hydrogens is 244 g/mol. The quantitative estimate of drug-likeness (QED) is 0.790. The molecule has 0 aliphatic carbocycles. The van der Waals surface area contributed by atoms with Crippen LogP contribution in [0.15, 0.2) is 30.5 Å². The van der Waals surface area contributed by atoms with Crippen molar-refractivity contribution in [1.29, 1.82) is 0 Å². The zero-order valence-corrected chi connectivity index (χ0v) is 10.3. The second-order valence-corrected chi connectivity index (χ2v) is 4.33. The second kappa shape index (κ2) is 5.29. The lowest BCUT2D eigenvalue weighted by Crippen LogP contribution is -2.43. The molecule has 1 saturated heterocycles. The number of Topliss-reactive ketones (excluding diaryl/α,β-unsaturated/α-hetero) is 1. The SMILES string of the molecule is O=C(c1ccccc1-c1c[nH]nn1)C1CNCCO1. The number of ketones is 1. The highest BCUT2D eigenvalue weighted by atomic mass is 16.5. The van der Waals surface area contributed by atoms with Gasteiger partial charge < -0.3 is 10.1 Å². The maximum Gasteiger partial charge on any atom is 0.193 e. The molecule has 0 bridgehead atoms. The zero-order valence-electron chi connectivity index (χ0n) is 10.3. The Bertz CT molecular complexity index is 562. The standard InChI is InChI=1S/C13H14N4O2/c18-13(12-8-14-5-6-19-12)10-4-2-1-3-9(10)11-7-15-17-16-11/h1-4,7,12,14H,5-6,8H2,(H,15,16,17). The van der Waals surface area contributed by atoms with Gasteiger partial charge in [0.15, 0.2) is 5.78 Å². The van der Waals surface area contributed by atoms with Crippen LogP contribution in [0, 0.1) is 0 Å². The fourth-order valence-corrected chi connectivity index (χ4v) is 2.16. The number of aromatic nitrogens is 3. The number of morpholine rings is 1. The monoisotopic (exact) mass is 258 g/mol. The van der Waals surface area contributed by atoms with Gasteiger partial charge in [0, 0.05) is 24.2 Å². The molecule has 2 aromatic rings. The summed E-state index contributed by atoms with van der Waals surface area (Å²) in [5, 5.41) is 13.5. The van der Waals surface area contributed by atoms with Gasteiger partial charge in [0.1, 0.15) is 11.8 Å². The van der Waals surface area contributed by atoms with E-state index in [0.29, 0.717) is 24.4 Å². The van der Waals surface area contributed by atoms with Crippen LogP contribution < -0.4 is 5.32 Å². The molecule has 3 rings (SSSR count). The summed E-state index contributed by atoms with van der Waals surface area (Å²) in [5.74, 6) is -0.0224. The first-order valence-corrected chi connectivity index (χ1v) is 6.18. The Morgan fingerprint density at radius 1 is 1.37 bits per heavy atom. The van der Waals surface area contributed by atoms with Gasteiger partial charge in [-0.05, 0) is 0 Å². The smallest absolute Gasteiger partial charge is 0.193 e. The van der Waals surface area contributed by atoms with Crippen molar-refractivity contribution in [1.82, 2.24) is 20.7 Å². The van der Waals surface area contributed by atoms with Crippen LogP contribution in [0.5, 0.6) is 0 Å². The third-order valence-electron chi connectivity index (χ3n) is 3.11. The van der Waals surface area contributed by atoms with E-state index in [9.17, 15) is 4.79 Å². The first-order valence-electron chi connectivity index (χ1n) is 6.18. The van der Waals surface area contributed by atoms with Crippen molar-refractivity contribution in [3.63, 3.8) is 0 Å². The molecule has 6 nitrogen and oxygen atoms in total. The zero-order chi connectivity index (χ0) is 13.1. The first kappa shape index (κ1) is 12.0. The largest absolute Gasteiger partial charge is 0.367 e. The van der Waals surface area contributed by atoms with Crippen LogP contribution in [0.25, 0.3) is 11.3 Å². The number of aromatic amines is 1. The number of H-pyrrole nitrogens is 1. The minimum absolute atomic E-state index is 0.0224. The predicted octanol–water partition coefficient (Wildman–Crippen LogP) is 0.643. The molecule has 1 unspecified atom stereocenters. The Morgan fingerprint density at radius 2 is 2.26 bits per heavy atom. The van der Waals surface area contributed by atoms with Gasteiger partial charge in [0.2, 0.25) is 0 Å². The van der Waals surface area contributed by atoms with Crippen molar-refractivity contribution in [2.75, 3.05) is 19.7 Å². The summed E-state index contributed by atoms with van der Waals surface area (Å²) in [4.78, 5) is 12.5. The van der Waals surface area contributed by atoms with E-state index in [1.807, 2.05) is 18.2 Å². The molecule has 2 N–H and O–H groups in total. The van der Waals surface area contributed by atoms with Gasteiger partial charge in [-0.2, -0.15) is 0 Å². The predicted molar refractivity (Wildman–Crippen MR) is 68.8 cm³/mol. The van der Waals surface area contributed by atoms with Crippen molar-refractivity contribution in [2.24, 2.45) is 0 Å². The minimum atomic E-state index is -0.429. The summed E-state index contributed by atoms with van der Waals surface area (Å²) in [6.07, 6.45) is 1.24. The van der Waals surface area contributed by atoms with Crippen LogP contribution in [0.3, 0.4) is 0 Å². The third kappa shape index (κ3) is 2.40. The lowest BCUT2D eigenvalue weighted by molar-refractivity contribution is 0.0270. The maximum absolute atomic E-state index is 12.5. The molecule has 1 aromatic carbocycles. The molecular formula is C13H14N4O2. The normalized spacial score (nSPS) is 19.3. The van der Waals surface area contributed by atoms with Crippen LogP contribution in [0.4, 0.5) is 0 Å². The van der Waals surface area contributed by atoms with Crippen LogP contribution in [0.1, 0.15) is 10.4 Å². The Morgan fingerprint density at radius 3 is 3.00 bits per heavy atom. The molecule has 0 spiro atoms. The van der Waals surface area contributed by atoms with Gasteiger partial charge >= 0.3 is 0 Å². The van der Waals surface area contributed by atoms with Crippen molar-refractivity contribution in [2.45, 2.75) is 6.10 Å². The van der Waals surface area contributed by atoms with Crippen molar-refractivity contribution in [3.05, 3.63) is 36.0 Å². The molecule has 0 amide bonds. The molecule has 0 radical (unpaired) electrons. The molecule has 1 atom stereocenters. The molecule has 1 aliphatic heterocycles. The van der Waals surface area contributed by atoms with E-state index in [-0.39, 0.29) is 5.78 Å². The molecule has 98 valence electrons. The van der Waals surface area contributed by atoms with E-state index in [1.165, 1.54) is 0 Å². The van der Waals surface area contributed by atoms with E-state index in [0.717, 1.165) is 12.1 Å². The highest BCUT2D eigenvalue weighted by Crippen LogP contribution is 2.22. The van der Waals surface area contributed by atoms with Crippen LogP contribution in [-0.4, -0.2) is 47.0 Å². The molecule has 19 heavy (non-hydrogen) atoms. The molecule has 1 fully saturated rings. The van der Waals surface area contributed by atoms with Crippen LogP contribution in [-0.2, 0) is 4.74 Å². The number of benzene rings is 1. The highest BCUT2D eigenvalue weighted by molar-refractivity contribution is 6.04. The average Bonchev–Trinajstić information content (AvgIpc) is 3.01. The van der Waals surface area contributed by atoms with Gasteiger partial charge in [-0.25, -0.2) is 0 Å². The molecule has 0 saturated carbocycles. The number of nitrogens with zero attached hydrogens (tertiary/aromatic N) is 2. The Labute approximate surface area is 110 Å². The van der Waals surface area contributed by atoms with Gasteiger partial charge in [0.05, 0.1) is 12.8 Å². The van der Waals surface area contributed by atoms with E-state index >= 15 is 0 Å². The minimum Gasteiger partial charge on any atom is -0.367 e. The summed E-state index contributed by atoms with van der Waals surface area (Å²) in [6, 6.07) is 7.37. The Kier molecular flexibility index (Phi) is 3.35. The Balaban J connectivity index is 1.94. The van der Waals surface area contributed by atoms with Crippen molar-refractivity contribution in [3.8, 4) is 11.3 Å². The van der Waals surface area contributed by atoms with E-state index in [4.69, 9.17) is 4.74 Å². The van der Waals surface area contributed by atoms with E-state index in [2.05, 4.69) is 20.7 Å². The fourth-order valence-electron chi connectivity index (χ4n) is 2.16. The second-order valence-electron chi connectivity index (χ2n) is 4.33. The van der Waals surface area contributed by atoms with Crippen molar-refractivity contribution >= 4 is 5.78 Å². The molecule has 2 heterocycles. The number of hydrogen-bond donors (Lipinski definition) is 2. The summed E-state index contributed by atoms with van der Waals surface area (Å²) >= 11 is 0. The number of hydrogen-bond acceptors (Lipinski definition) is 5. The summed E-state index contributed by atoms with van der Waals surface area (Å²) in [7, 11) is 0. The number of nitrogens with one attached hydrogen (secondary N) is 2. The lowest BCUT2D eigenvalue weighted by atomic mass is 9.98.